The summed E-state index contributed by atoms with van der Waals surface area (Å²) in [5.74, 6) is 0.174. The number of rotatable bonds is 6. The van der Waals surface area contributed by atoms with Crippen molar-refractivity contribution in [2.75, 3.05) is 38.5 Å². The number of carbonyl (C=O) groups is 1. The molecule has 0 spiro atoms. The van der Waals surface area contributed by atoms with Gasteiger partial charge in [-0.1, -0.05) is 25.1 Å². The Morgan fingerprint density at radius 1 is 1.22 bits per heavy atom. The minimum absolute atomic E-state index is 0. The third kappa shape index (κ3) is 6.98. The largest absolute Gasteiger partial charge is 0.376 e. The smallest absolute Gasteiger partial charge is 0.241 e. The molecule has 0 radical (unpaired) electrons. The standard InChI is InChI=1S/C17H27N3O.2ClH/c1-3-11-20-12-9-16(10-13-20)19(2)17(21)14-18-15-7-5-4-6-8-15;;/h4-8,16,18H,3,9-14H2,1-2H3;2*1H. The van der Waals surface area contributed by atoms with E-state index < -0.39 is 0 Å². The van der Waals surface area contributed by atoms with E-state index in [2.05, 4.69) is 17.1 Å². The molecule has 132 valence electrons. The predicted molar refractivity (Wildman–Crippen MR) is 102 cm³/mol. The summed E-state index contributed by atoms with van der Waals surface area (Å²) in [6, 6.07) is 10.3. The number of piperidine rings is 1. The number of amides is 1. The molecule has 1 fully saturated rings. The molecule has 0 unspecified atom stereocenters. The summed E-state index contributed by atoms with van der Waals surface area (Å²) in [5, 5.41) is 3.19. The van der Waals surface area contributed by atoms with Gasteiger partial charge in [0.2, 0.25) is 5.91 Å². The van der Waals surface area contributed by atoms with Gasteiger partial charge in [0, 0.05) is 31.9 Å². The monoisotopic (exact) mass is 361 g/mol. The Hall–Kier alpha value is -0.970. The highest BCUT2D eigenvalue weighted by Crippen LogP contribution is 2.16. The maximum absolute atomic E-state index is 12.3. The zero-order chi connectivity index (χ0) is 15.1. The number of hydrogen-bond acceptors (Lipinski definition) is 3. The predicted octanol–water partition coefficient (Wildman–Crippen LogP) is 3.27. The maximum atomic E-state index is 12.3. The SMILES string of the molecule is CCCN1CCC(N(C)C(=O)CNc2ccccc2)CC1.Cl.Cl. The van der Waals surface area contributed by atoms with Crippen molar-refractivity contribution in [2.45, 2.75) is 32.2 Å². The van der Waals surface area contributed by atoms with Crippen LogP contribution in [0.1, 0.15) is 26.2 Å². The summed E-state index contributed by atoms with van der Waals surface area (Å²) in [7, 11) is 1.94. The molecule has 1 saturated heterocycles. The molecule has 0 bridgehead atoms. The quantitative estimate of drug-likeness (QED) is 0.844. The normalized spacial score (nSPS) is 15.2. The number of hydrogen-bond donors (Lipinski definition) is 1. The lowest BCUT2D eigenvalue weighted by molar-refractivity contribution is -0.130. The molecule has 2 rings (SSSR count). The lowest BCUT2D eigenvalue weighted by Crippen LogP contribution is -2.47. The highest BCUT2D eigenvalue weighted by molar-refractivity contribution is 5.85. The second kappa shape index (κ2) is 11.5. The van der Waals surface area contributed by atoms with E-state index in [1.165, 1.54) is 13.0 Å². The fourth-order valence-corrected chi connectivity index (χ4v) is 2.91. The average Bonchev–Trinajstić information content (AvgIpc) is 2.54. The van der Waals surface area contributed by atoms with Crippen molar-refractivity contribution in [1.82, 2.24) is 9.80 Å². The van der Waals surface area contributed by atoms with Gasteiger partial charge in [0.15, 0.2) is 0 Å². The van der Waals surface area contributed by atoms with Gasteiger partial charge in [-0.25, -0.2) is 0 Å². The van der Waals surface area contributed by atoms with E-state index >= 15 is 0 Å². The molecule has 1 amide bonds. The molecule has 1 aromatic carbocycles. The van der Waals surface area contributed by atoms with E-state index in [4.69, 9.17) is 0 Å². The topological polar surface area (TPSA) is 35.6 Å². The number of nitrogens with zero attached hydrogens (tertiary/aromatic N) is 2. The van der Waals surface area contributed by atoms with Gasteiger partial charge >= 0.3 is 0 Å². The van der Waals surface area contributed by atoms with Gasteiger partial charge in [-0.3, -0.25) is 4.79 Å². The highest BCUT2D eigenvalue weighted by Gasteiger charge is 2.24. The molecule has 4 nitrogen and oxygen atoms in total. The highest BCUT2D eigenvalue weighted by atomic mass is 35.5. The summed E-state index contributed by atoms with van der Waals surface area (Å²) >= 11 is 0. The van der Waals surface area contributed by atoms with Crippen LogP contribution in [0.2, 0.25) is 0 Å². The van der Waals surface area contributed by atoms with Crippen LogP contribution in [0.25, 0.3) is 0 Å². The molecule has 6 heteroatoms. The Morgan fingerprint density at radius 2 is 1.83 bits per heavy atom. The van der Waals surface area contributed by atoms with E-state index in [0.717, 1.165) is 31.6 Å². The van der Waals surface area contributed by atoms with Crippen molar-refractivity contribution in [3.8, 4) is 0 Å². The molecular weight excluding hydrogens is 333 g/mol. The third-order valence-corrected chi connectivity index (χ3v) is 4.26. The Kier molecular flexibility index (Phi) is 11.1. The molecule has 0 saturated carbocycles. The first-order chi connectivity index (χ1) is 10.2. The fraction of sp³-hybridized carbons (Fsp3) is 0.588. The molecule has 0 aromatic heterocycles. The molecule has 0 aliphatic carbocycles. The summed E-state index contributed by atoms with van der Waals surface area (Å²) in [6.45, 7) is 6.00. The van der Waals surface area contributed by atoms with Crippen LogP contribution >= 0.6 is 24.8 Å². The molecule has 1 aliphatic heterocycles. The van der Waals surface area contributed by atoms with Crippen molar-refractivity contribution >= 4 is 36.4 Å². The first-order valence-corrected chi connectivity index (χ1v) is 7.97. The van der Waals surface area contributed by atoms with Gasteiger partial charge in [-0.05, 0) is 37.9 Å². The molecule has 23 heavy (non-hydrogen) atoms. The van der Waals surface area contributed by atoms with Crippen LogP contribution < -0.4 is 5.32 Å². The zero-order valence-corrected chi connectivity index (χ0v) is 15.7. The third-order valence-electron chi connectivity index (χ3n) is 4.26. The van der Waals surface area contributed by atoms with Crippen LogP contribution in [-0.4, -0.2) is 55.0 Å². The van der Waals surface area contributed by atoms with Crippen LogP contribution in [0.5, 0.6) is 0 Å². The Morgan fingerprint density at radius 3 is 2.39 bits per heavy atom. The van der Waals surface area contributed by atoms with E-state index in [1.54, 1.807) is 0 Å². The zero-order valence-electron chi connectivity index (χ0n) is 14.0. The Labute approximate surface area is 152 Å². The van der Waals surface area contributed by atoms with Crippen LogP contribution in [0, 0.1) is 0 Å². The molecule has 0 atom stereocenters. The molecular formula is C17H29Cl2N3O. The summed E-state index contributed by atoms with van der Waals surface area (Å²) in [6.07, 6.45) is 3.39. The number of likely N-dealkylation sites (N-methyl/N-ethyl adjacent to an activating group) is 1. The van der Waals surface area contributed by atoms with Crippen LogP contribution in [0.3, 0.4) is 0 Å². The second-order valence-electron chi connectivity index (χ2n) is 5.80. The van der Waals surface area contributed by atoms with E-state index in [0.29, 0.717) is 12.6 Å². The number of carbonyl (C=O) groups excluding carboxylic acids is 1. The van der Waals surface area contributed by atoms with Crippen molar-refractivity contribution in [1.29, 1.82) is 0 Å². The van der Waals surface area contributed by atoms with Crippen LogP contribution in [-0.2, 0) is 4.79 Å². The van der Waals surface area contributed by atoms with Crippen LogP contribution in [0.15, 0.2) is 30.3 Å². The van der Waals surface area contributed by atoms with Gasteiger partial charge in [-0.15, -0.1) is 24.8 Å². The van der Waals surface area contributed by atoms with E-state index in [9.17, 15) is 4.79 Å². The minimum atomic E-state index is 0. The fourth-order valence-electron chi connectivity index (χ4n) is 2.91. The molecule has 1 aromatic rings. The number of likely N-dealkylation sites (tertiary alicyclic amines) is 1. The van der Waals surface area contributed by atoms with Gasteiger partial charge in [-0.2, -0.15) is 0 Å². The van der Waals surface area contributed by atoms with Crippen molar-refractivity contribution in [3.63, 3.8) is 0 Å². The molecule has 1 aliphatic rings. The first kappa shape index (κ1) is 22.0. The van der Waals surface area contributed by atoms with Gasteiger partial charge < -0.3 is 15.1 Å². The summed E-state index contributed by atoms with van der Waals surface area (Å²) in [5.41, 5.74) is 0.997. The van der Waals surface area contributed by atoms with Crippen molar-refractivity contribution in [2.24, 2.45) is 0 Å². The van der Waals surface area contributed by atoms with Gasteiger partial charge in [0.1, 0.15) is 0 Å². The van der Waals surface area contributed by atoms with Crippen molar-refractivity contribution < 1.29 is 4.79 Å². The van der Waals surface area contributed by atoms with Gasteiger partial charge in [0.25, 0.3) is 0 Å². The van der Waals surface area contributed by atoms with E-state index in [-0.39, 0.29) is 30.7 Å². The minimum Gasteiger partial charge on any atom is -0.376 e. The summed E-state index contributed by atoms with van der Waals surface area (Å²) < 4.78 is 0. The maximum Gasteiger partial charge on any atom is 0.241 e. The lowest BCUT2D eigenvalue weighted by atomic mass is 10.0. The molecule has 1 N–H and O–H groups in total. The van der Waals surface area contributed by atoms with Crippen molar-refractivity contribution in [3.05, 3.63) is 30.3 Å². The Bertz CT molecular complexity index is 437. The average molecular weight is 362 g/mol. The number of anilines is 1. The Balaban J connectivity index is 0.00000242. The number of para-hydroxylation sites is 1. The first-order valence-electron chi connectivity index (χ1n) is 7.97. The van der Waals surface area contributed by atoms with Crippen LogP contribution in [0.4, 0.5) is 5.69 Å². The second-order valence-corrected chi connectivity index (χ2v) is 5.80. The van der Waals surface area contributed by atoms with Gasteiger partial charge in [0.05, 0.1) is 6.54 Å². The van der Waals surface area contributed by atoms with E-state index in [1.807, 2.05) is 42.3 Å². The molecule has 1 heterocycles. The number of benzene rings is 1. The summed E-state index contributed by atoms with van der Waals surface area (Å²) in [4.78, 5) is 16.7. The lowest BCUT2D eigenvalue weighted by Gasteiger charge is -2.36. The number of nitrogens with one attached hydrogen (secondary N) is 1. The number of halogens is 2.